The summed E-state index contributed by atoms with van der Waals surface area (Å²) in [6.45, 7) is 8.06. The van der Waals surface area contributed by atoms with Crippen molar-refractivity contribution in [1.29, 1.82) is 0 Å². The van der Waals surface area contributed by atoms with Crippen molar-refractivity contribution in [2.45, 2.75) is 45.7 Å². The van der Waals surface area contributed by atoms with Gasteiger partial charge in [0.25, 0.3) is 0 Å². The van der Waals surface area contributed by atoms with Gasteiger partial charge in [0.05, 0.1) is 0 Å². The highest BCUT2D eigenvalue weighted by molar-refractivity contribution is 5.87. The van der Waals surface area contributed by atoms with Crippen molar-refractivity contribution < 1.29 is 9.59 Å². The number of rotatable bonds is 6. The molecule has 1 rings (SSSR count). The third kappa shape index (κ3) is 5.53. The van der Waals surface area contributed by atoms with Crippen molar-refractivity contribution in [3.05, 3.63) is 0 Å². The van der Waals surface area contributed by atoms with Crippen molar-refractivity contribution in [2.24, 2.45) is 5.92 Å². The molecule has 2 atom stereocenters. The fourth-order valence-electron chi connectivity index (χ4n) is 2.65. The van der Waals surface area contributed by atoms with E-state index in [1.54, 1.807) is 0 Å². The zero-order chi connectivity index (χ0) is 16.0. The number of likely N-dealkylation sites (tertiary alicyclic amines) is 1. The molecule has 0 aromatic heterocycles. The van der Waals surface area contributed by atoms with Crippen LogP contribution in [0.25, 0.3) is 0 Å². The van der Waals surface area contributed by atoms with Gasteiger partial charge in [-0.2, -0.15) is 0 Å². The molecule has 0 aromatic rings. The molecule has 1 aliphatic heterocycles. The van der Waals surface area contributed by atoms with E-state index < -0.39 is 6.04 Å². The second kappa shape index (κ2) is 8.22. The molecule has 0 radical (unpaired) electrons. The van der Waals surface area contributed by atoms with E-state index in [2.05, 4.69) is 29.4 Å². The van der Waals surface area contributed by atoms with E-state index in [0.717, 1.165) is 19.5 Å². The Morgan fingerprint density at radius 1 is 1.33 bits per heavy atom. The maximum absolute atomic E-state index is 12.7. The van der Waals surface area contributed by atoms with Gasteiger partial charge in [-0.15, -0.1) is 0 Å². The summed E-state index contributed by atoms with van der Waals surface area (Å²) < 4.78 is 0. The molecule has 0 aromatic carbocycles. The number of hydrogen-bond donors (Lipinski definition) is 2. The Kier molecular flexibility index (Phi) is 6.95. The number of nitrogens with one attached hydrogen (secondary N) is 2. The molecule has 1 aliphatic rings. The van der Waals surface area contributed by atoms with Gasteiger partial charge in [-0.1, -0.05) is 13.8 Å². The largest absolute Gasteiger partial charge is 0.339 e. The van der Waals surface area contributed by atoms with E-state index in [9.17, 15) is 9.59 Å². The molecule has 122 valence electrons. The Balaban J connectivity index is 2.65. The summed E-state index contributed by atoms with van der Waals surface area (Å²) in [7, 11) is 4.08. The van der Waals surface area contributed by atoms with E-state index in [1.165, 1.54) is 0 Å². The third-order valence-electron chi connectivity index (χ3n) is 3.85. The normalized spacial score (nSPS) is 20.0. The minimum atomic E-state index is -0.433. The van der Waals surface area contributed by atoms with Crippen LogP contribution in [0.3, 0.4) is 0 Å². The van der Waals surface area contributed by atoms with E-state index >= 15 is 0 Å². The zero-order valence-corrected chi connectivity index (χ0v) is 14.0. The summed E-state index contributed by atoms with van der Waals surface area (Å²) in [6.07, 6.45) is 1.66. The predicted molar refractivity (Wildman–Crippen MR) is 84.1 cm³/mol. The van der Waals surface area contributed by atoms with Gasteiger partial charge >= 0.3 is 6.03 Å². The maximum atomic E-state index is 12.7. The molecular formula is C15H30N4O2. The van der Waals surface area contributed by atoms with Crippen LogP contribution >= 0.6 is 0 Å². The highest BCUT2D eigenvalue weighted by Gasteiger charge is 2.32. The number of carbonyl (C=O) groups excluding carboxylic acids is 2. The quantitative estimate of drug-likeness (QED) is 0.765. The number of nitrogens with zero attached hydrogens (tertiary/aromatic N) is 2. The van der Waals surface area contributed by atoms with Crippen LogP contribution in [-0.2, 0) is 4.79 Å². The van der Waals surface area contributed by atoms with Gasteiger partial charge in [0, 0.05) is 25.7 Å². The first-order valence-corrected chi connectivity index (χ1v) is 7.84. The second-order valence-electron chi connectivity index (χ2n) is 6.38. The predicted octanol–water partition coefficient (Wildman–Crippen LogP) is 0.883. The first-order valence-electron chi connectivity index (χ1n) is 7.84. The van der Waals surface area contributed by atoms with Gasteiger partial charge in [-0.3, -0.25) is 4.79 Å². The van der Waals surface area contributed by atoms with Crippen molar-refractivity contribution in [1.82, 2.24) is 20.4 Å². The van der Waals surface area contributed by atoms with Crippen LogP contribution in [0.4, 0.5) is 4.79 Å². The molecule has 0 bridgehead atoms. The highest BCUT2D eigenvalue weighted by atomic mass is 16.2. The summed E-state index contributed by atoms with van der Waals surface area (Å²) in [5, 5.41) is 5.51. The third-order valence-corrected chi connectivity index (χ3v) is 3.85. The molecule has 1 heterocycles. The van der Waals surface area contributed by atoms with Gasteiger partial charge in [0.2, 0.25) is 5.91 Å². The van der Waals surface area contributed by atoms with Gasteiger partial charge in [-0.05, 0) is 39.8 Å². The number of urea groups is 1. The minimum absolute atomic E-state index is 0.0410. The second-order valence-corrected chi connectivity index (χ2v) is 6.38. The molecule has 21 heavy (non-hydrogen) atoms. The Labute approximate surface area is 128 Å². The average Bonchev–Trinajstić information content (AvgIpc) is 2.86. The average molecular weight is 298 g/mol. The molecule has 6 heteroatoms. The fraction of sp³-hybridized carbons (Fsp3) is 0.867. The number of hydrogen-bond acceptors (Lipinski definition) is 3. The summed E-state index contributed by atoms with van der Waals surface area (Å²) >= 11 is 0. The van der Waals surface area contributed by atoms with Crippen LogP contribution in [0.1, 0.15) is 33.6 Å². The number of carbonyl (C=O) groups is 2. The zero-order valence-electron chi connectivity index (χ0n) is 14.0. The van der Waals surface area contributed by atoms with Crippen molar-refractivity contribution in [3.63, 3.8) is 0 Å². The monoisotopic (exact) mass is 298 g/mol. The first kappa shape index (κ1) is 17.8. The molecule has 3 amide bonds. The van der Waals surface area contributed by atoms with Crippen LogP contribution in [0.2, 0.25) is 0 Å². The topological polar surface area (TPSA) is 64.7 Å². The van der Waals surface area contributed by atoms with Crippen molar-refractivity contribution in [2.75, 3.05) is 33.7 Å². The molecule has 0 aliphatic carbocycles. The van der Waals surface area contributed by atoms with Crippen LogP contribution < -0.4 is 10.6 Å². The molecule has 0 spiro atoms. The van der Waals surface area contributed by atoms with Gasteiger partial charge < -0.3 is 20.4 Å². The smallest absolute Gasteiger partial charge is 0.315 e. The SMILES string of the molecule is CCNC(=O)N[C@@H](CC(C)C)C(=O)N1CCC(N(C)C)C1. The Morgan fingerprint density at radius 3 is 2.48 bits per heavy atom. The summed E-state index contributed by atoms with van der Waals surface area (Å²) in [4.78, 5) is 28.4. The van der Waals surface area contributed by atoms with Crippen LogP contribution in [0.5, 0.6) is 0 Å². The number of likely N-dealkylation sites (N-methyl/N-ethyl adjacent to an activating group) is 1. The van der Waals surface area contributed by atoms with E-state index in [1.807, 2.05) is 25.9 Å². The van der Waals surface area contributed by atoms with Gasteiger partial charge in [0.1, 0.15) is 6.04 Å². The molecule has 1 unspecified atom stereocenters. The van der Waals surface area contributed by atoms with Crippen LogP contribution in [0.15, 0.2) is 0 Å². The molecule has 1 fully saturated rings. The van der Waals surface area contributed by atoms with Crippen LogP contribution in [0, 0.1) is 5.92 Å². The standard InChI is InChI=1S/C15H30N4O2/c1-6-16-15(21)17-13(9-11(2)3)14(20)19-8-7-12(10-19)18(4)5/h11-13H,6-10H2,1-5H3,(H2,16,17,21)/t12?,13-/m0/s1. The molecule has 2 N–H and O–H groups in total. The van der Waals surface area contributed by atoms with Crippen LogP contribution in [-0.4, -0.2) is 67.6 Å². The van der Waals surface area contributed by atoms with E-state index in [0.29, 0.717) is 24.9 Å². The Bertz CT molecular complexity index is 358. The molecule has 1 saturated heterocycles. The first-order chi connectivity index (χ1) is 9.85. The lowest BCUT2D eigenvalue weighted by molar-refractivity contribution is -0.132. The molecular weight excluding hydrogens is 268 g/mol. The summed E-state index contributed by atoms with van der Waals surface area (Å²) in [5.41, 5.74) is 0. The van der Waals surface area contributed by atoms with Crippen molar-refractivity contribution >= 4 is 11.9 Å². The van der Waals surface area contributed by atoms with Gasteiger partial charge in [0.15, 0.2) is 0 Å². The summed E-state index contributed by atoms with van der Waals surface area (Å²) in [6, 6.07) is -0.282. The molecule has 6 nitrogen and oxygen atoms in total. The van der Waals surface area contributed by atoms with Crippen molar-refractivity contribution in [3.8, 4) is 0 Å². The number of amides is 3. The lowest BCUT2D eigenvalue weighted by atomic mass is 10.0. The molecule has 0 saturated carbocycles. The van der Waals surface area contributed by atoms with Gasteiger partial charge in [-0.25, -0.2) is 4.79 Å². The lowest BCUT2D eigenvalue weighted by Gasteiger charge is -2.26. The van der Waals surface area contributed by atoms with E-state index in [4.69, 9.17) is 0 Å². The Hall–Kier alpha value is -1.30. The summed E-state index contributed by atoms with van der Waals surface area (Å²) in [5.74, 6) is 0.396. The highest BCUT2D eigenvalue weighted by Crippen LogP contribution is 2.16. The maximum Gasteiger partial charge on any atom is 0.315 e. The minimum Gasteiger partial charge on any atom is -0.339 e. The fourth-order valence-corrected chi connectivity index (χ4v) is 2.65. The Morgan fingerprint density at radius 2 is 2.00 bits per heavy atom. The van der Waals surface area contributed by atoms with E-state index in [-0.39, 0.29) is 11.9 Å². The lowest BCUT2D eigenvalue weighted by Crippen LogP contribution is -2.51.